The topological polar surface area (TPSA) is 51.2 Å². The second-order valence-corrected chi connectivity index (χ2v) is 6.93. The number of hydrogen-bond acceptors (Lipinski definition) is 3. The first-order valence-corrected chi connectivity index (χ1v) is 7.48. The molecule has 0 aliphatic heterocycles. The molecule has 1 aromatic carbocycles. The minimum absolute atomic E-state index is 0.102. The predicted octanol–water partition coefficient (Wildman–Crippen LogP) is 2.45. The Balaban J connectivity index is 2.33. The van der Waals surface area contributed by atoms with Gasteiger partial charge in [0.05, 0.1) is 5.25 Å². The van der Waals surface area contributed by atoms with Crippen molar-refractivity contribution in [2.45, 2.75) is 42.2 Å². The van der Waals surface area contributed by atoms with Gasteiger partial charge in [-0.3, -0.25) is 0 Å². The molecule has 3 nitrogen and oxygen atoms in total. The monoisotopic (exact) mass is 270 g/mol. The molecule has 1 saturated carbocycles. The Bertz CT molecular complexity index is 562. The maximum absolute atomic E-state index is 13.9. The fourth-order valence-corrected chi connectivity index (χ4v) is 3.60. The van der Waals surface area contributed by atoms with Crippen LogP contribution in [0.1, 0.15) is 37.7 Å². The second kappa shape index (κ2) is 4.80. The van der Waals surface area contributed by atoms with E-state index in [1.165, 1.54) is 12.1 Å². The van der Waals surface area contributed by atoms with Gasteiger partial charge in [-0.1, -0.05) is 13.0 Å². The molecule has 1 atom stereocenters. The fourth-order valence-electron chi connectivity index (χ4n) is 1.89. The lowest BCUT2D eigenvalue weighted by atomic mass is 9.99. The van der Waals surface area contributed by atoms with E-state index >= 15 is 0 Å². The van der Waals surface area contributed by atoms with Gasteiger partial charge in [0.2, 0.25) is 0 Å². The highest BCUT2D eigenvalue weighted by Crippen LogP contribution is 2.35. The first kappa shape index (κ1) is 13.2. The molecule has 0 saturated heterocycles. The smallest absolute Gasteiger partial charge is 0.184 e. The SMILES string of the molecule is CC(CC=O)c1ccc(S(=O)(=O)C2CC2)c(F)c1. The van der Waals surface area contributed by atoms with Crippen LogP contribution in [0.3, 0.4) is 0 Å². The largest absolute Gasteiger partial charge is 0.303 e. The molecule has 0 heterocycles. The zero-order valence-corrected chi connectivity index (χ0v) is 10.9. The third-order valence-corrected chi connectivity index (χ3v) is 5.54. The number of sulfone groups is 1. The van der Waals surface area contributed by atoms with Gasteiger partial charge in [-0.05, 0) is 36.5 Å². The zero-order chi connectivity index (χ0) is 13.3. The zero-order valence-electron chi connectivity index (χ0n) is 10.1. The standard InChI is InChI=1S/C13H15FO3S/c1-9(6-7-15)10-2-5-13(12(14)8-10)18(16,17)11-3-4-11/h2,5,7-9,11H,3-4,6H2,1H3. The van der Waals surface area contributed by atoms with Crippen molar-refractivity contribution in [2.24, 2.45) is 0 Å². The van der Waals surface area contributed by atoms with Crippen LogP contribution in [0.15, 0.2) is 23.1 Å². The lowest BCUT2D eigenvalue weighted by molar-refractivity contribution is -0.108. The molecule has 1 aliphatic rings. The summed E-state index contributed by atoms with van der Waals surface area (Å²) in [6, 6.07) is 4.13. The average molecular weight is 270 g/mol. The molecule has 1 aromatic rings. The minimum Gasteiger partial charge on any atom is -0.303 e. The Morgan fingerprint density at radius 1 is 1.44 bits per heavy atom. The van der Waals surface area contributed by atoms with Gasteiger partial charge in [0, 0.05) is 6.42 Å². The van der Waals surface area contributed by atoms with Gasteiger partial charge in [0.1, 0.15) is 17.0 Å². The molecule has 1 aliphatic carbocycles. The van der Waals surface area contributed by atoms with E-state index in [1.807, 2.05) is 0 Å². The van der Waals surface area contributed by atoms with E-state index in [1.54, 1.807) is 13.0 Å². The molecule has 18 heavy (non-hydrogen) atoms. The van der Waals surface area contributed by atoms with Crippen molar-refractivity contribution in [3.05, 3.63) is 29.6 Å². The predicted molar refractivity (Wildman–Crippen MR) is 65.7 cm³/mol. The van der Waals surface area contributed by atoms with Crippen molar-refractivity contribution in [3.8, 4) is 0 Å². The van der Waals surface area contributed by atoms with Gasteiger partial charge in [-0.2, -0.15) is 0 Å². The molecule has 0 N–H and O–H groups in total. The number of rotatable bonds is 5. The van der Waals surface area contributed by atoms with Crippen LogP contribution in [-0.2, 0) is 14.6 Å². The van der Waals surface area contributed by atoms with Crippen LogP contribution >= 0.6 is 0 Å². The van der Waals surface area contributed by atoms with Crippen LogP contribution in [0.2, 0.25) is 0 Å². The quantitative estimate of drug-likeness (QED) is 0.772. The van der Waals surface area contributed by atoms with Crippen LogP contribution in [0.25, 0.3) is 0 Å². The van der Waals surface area contributed by atoms with Crippen molar-refractivity contribution in [1.29, 1.82) is 0 Å². The molecular weight excluding hydrogens is 255 g/mol. The molecule has 5 heteroatoms. The first-order valence-electron chi connectivity index (χ1n) is 5.93. The van der Waals surface area contributed by atoms with Gasteiger partial charge in [-0.25, -0.2) is 12.8 Å². The van der Waals surface area contributed by atoms with Crippen LogP contribution in [0.5, 0.6) is 0 Å². The van der Waals surface area contributed by atoms with Crippen molar-refractivity contribution >= 4 is 16.1 Å². The number of carbonyl (C=O) groups is 1. The van der Waals surface area contributed by atoms with Gasteiger partial charge in [-0.15, -0.1) is 0 Å². The molecule has 1 unspecified atom stereocenters. The normalized spacial score (nSPS) is 17.4. The molecule has 0 spiro atoms. The number of carbonyl (C=O) groups excluding carboxylic acids is 1. The highest BCUT2D eigenvalue weighted by molar-refractivity contribution is 7.92. The second-order valence-electron chi connectivity index (χ2n) is 4.74. The summed E-state index contributed by atoms with van der Waals surface area (Å²) in [5, 5.41) is -0.412. The summed E-state index contributed by atoms with van der Waals surface area (Å²) < 4.78 is 37.7. The van der Waals surface area contributed by atoms with Crippen molar-refractivity contribution < 1.29 is 17.6 Å². The van der Waals surface area contributed by atoms with E-state index in [0.29, 0.717) is 24.8 Å². The molecule has 0 aromatic heterocycles. The summed E-state index contributed by atoms with van der Waals surface area (Å²) in [4.78, 5) is 10.2. The molecule has 0 radical (unpaired) electrons. The average Bonchev–Trinajstić information content (AvgIpc) is 3.12. The molecule has 0 bridgehead atoms. The van der Waals surface area contributed by atoms with Crippen molar-refractivity contribution in [2.75, 3.05) is 0 Å². The Hall–Kier alpha value is -1.23. The molecule has 0 amide bonds. The lowest BCUT2D eigenvalue weighted by Crippen LogP contribution is -2.10. The summed E-state index contributed by atoms with van der Waals surface area (Å²) in [5.41, 5.74) is 0.648. The lowest BCUT2D eigenvalue weighted by Gasteiger charge is -2.10. The van der Waals surface area contributed by atoms with E-state index in [0.717, 1.165) is 6.29 Å². The summed E-state index contributed by atoms with van der Waals surface area (Å²) >= 11 is 0. The first-order chi connectivity index (χ1) is 8.46. The van der Waals surface area contributed by atoms with Crippen molar-refractivity contribution in [1.82, 2.24) is 0 Å². The summed E-state index contributed by atoms with van der Waals surface area (Å²) in [5.74, 6) is -0.813. The number of aldehydes is 1. The van der Waals surface area contributed by atoms with Gasteiger partial charge >= 0.3 is 0 Å². The summed E-state index contributed by atoms with van der Waals surface area (Å²) in [6.07, 6.45) is 2.31. The van der Waals surface area contributed by atoms with Crippen LogP contribution < -0.4 is 0 Å². The van der Waals surface area contributed by atoms with Gasteiger partial charge in [0.15, 0.2) is 9.84 Å². The summed E-state index contributed by atoms with van der Waals surface area (Å²) in [7, 11) is -3.50. The van der Waals surface area contributed by atoms with E-state index in [9.17, 15) is 17.6 Å². The highest BCUT2D eigenvalue weighted by atomic mass is 32.2. The van der Waals surface area contributed by atoms with Crippen LogP contribution in [0, 0.1) is 5.82 Å². The van der Waals surface area contributed by atoms with E-state index in [2.05, 4.69) is 0 Å². The minimum atomic E-state index is -3.50. The third kappa shape index (κ3) is 2.46. The van der Waals surface area contributed by atoms with Gasteiger partial charge in [0.25, 0.3) is 0 Å². The van der Waals surface area contributed by atoms with Crippen LogP contribution in [0.4, 0.5) is 4.39 Å². The highest BCUT2D eigenvalue weighted by Gasteiger charge is 2.38. The maximum atomic E-state index is 13.9. The van der Waals surface area contributed by atoms with E-state index < -0.39 is 20.9 Å². The molecule has 2 rings (SSSR count). The number of benzene rings is 1. The Morgan fingerprint density at radius 3 is 2.61 bits per heavy atom. The van der Waals surface area contributed by atoms with Crippen LogP contribution in [-0.4, -0.2) is 20.0 Å². The maximum Gasteiger partial charge on any atom is 0.184 e. The van der Waals surface area contributed by atoms with Crippen molar-refractivity contribution in [3.63, 3.8) is 0 Å². The Kier molecular flexibility index (Phi) is 3.52. The molecule has 1 fully saturated rings. The number of halogens is 1. The van der Waals surface area contributed by atoms with E-state index in [4.69, 9.17) is 0 Å². The Morgan fingerprint density at radius 2 is 2.11 bits per heavy atom. The Labute approximate surface area is 106 Å². The fraction of sp³-hybridized carbons (Fsp3) is 0.462. The molecule has 98 valence electrons. The van der Waals surface area contributed by atoms with E-state index in [-0.39, 0.29) is 10.8 Å². The van der Waals surface area contributed by atoms with Gasteiger partial charge < -0.3 is 4.79 Å². The summed E-state index contributed by atoms with van der Waals surface area (Å²) in [6.45, 7) is 1.80. The molecular formula is C13H15FO3S. The third-order valence-electron chi connectivity index (χ3n) is 3.24. The number of hydrogen-bond donors (Lipinski definition) is 0.